The van der Waals surface area contributed by atoms with Gasteiger partial charge in [0.25, 0.3) is 5.91 Å². The van der Waals surface area contributed by atoms with Crippen LogP contribution in [0.1, 0.15) is 28.3 Å². The van der Waals surface area contributed by atoms with Crippen molar-refractivity contribution in [1.82, 2.24) is 4.90 Å². The Kier molecular flexibility index (Phi) is 6.24. The van der Waals surface area contributed by atoms with Crippen LogP contribution in [0.4, 0.5) is 0 Å². The molecule has 5 nitrogen and oxygen atoms in total. The number of halogens is 1. The molecule has 1 atom stereocenters. The topological polar surface area (TPSA) is 59.0 Å². The minimum Gasteiger partial charge on any atom is -0.503 e. The minimum absolute atomic E-state index is 0.230. The Bertz CT molecular complexity index is 1190. The number of ether oxygens (including phenoxy) is 2. The van der Waals surface area contributed by atoms with E-state index in [1.165, 1.54) is 0 Å². The number of aryl methyl sites for hydroxylation is 1. The lowest BCUT2D eigenvalue weighted by molar-refractivity contribution is -0.130. The molecule has 1 heterocycles. The zero-order chi connectivity index (χ0) is 22.8. The van der Waals surface area contributed by atoms with Crippen LogP contribution in [-0.4, -0.2) is 30.1 Å². The van der Waals surface area contributed by atoms with E-state index in [-0.39, 0.29) is 12.3 Å². The quantitative estimate of drug-likeness (QED) is 0.469. The first-order valence-electron chi connectivity index (χ1n) is 10.2. The average Bonchev–Trinajstić information content (AvgIpc) is 3.05. The number of methoxy groups -OCH3 is 2. The Morgan fingerprint density at radius 3 is 2.41 bits per heavy atom. The molecular weight excluding hydrogens is 470 g/mol. The molecule has 1 unspecified atom stereocenters. The maximum absolute atomic E-state index is 13.3. The standard InChI is InChI=1S/C26H24BrNO4/c1-16-7-9-17(10-8-16)23-24(18-5-4-6-20(27)13-18)28(26(30)25(23)29)15-19-11-12-21(31-2)14-22(19)32-3/h4-14,24,29H,15H2,1-3H3. The summed E-state index contributed by atoms with van der Waals surface area (Å²) < 4.78 is 11.7. The smallest absolute Gasteiger partial charge is 0.290 e. The first-order chi connectivity index (χ1) is 15.4. The normalized spacial score (nSPS) is 15.9. The molecule has 0 saturated heterocycles. The number of hydrogen-bond donors (Lipinski definition) is 1. The number of aliphatic hydroxyl groups excluding tert-OH is 1. The van der Waals surface area contributed by atoms with Crippen LogP contribution < -0.4 is 9.47 Å². The SMILES string of the molecule is COc1ccc(CN2C(=O)C(O)=C(c3ccc(C)cc3)C2c2cccc(Br)c2)c(OC)c1. The molecule has 0 saturated carbocycles. The molecule has 0 radical (unpaired) electrons. The summed E-state index contributed by atoms with van der Waals surface area (Å²) in [6, 6.07) is 20.7. The summed E-state index contributed by atoms with van der Waals surface area (Å²) in [7, 11) is 3.18. The maximum atomic E-state index is 13.3. The molecule has 0 spiro atoms. The minimum atomic E-state index is -0.450. The number of benzene rings is 3. The first kappa shape index (κ1) is 22.0. The molecule has 32 heavy (non-hydrogen) atoms. The lowest BCUT2D eigenvalue weighted by Crippen LogP contribution is -2.30. The van der Waals surface area contributed by atoms with Crippen molar-refractivity contribution in [3.8, 4) is 11.5 Å². The van der Waals surface area contributed by atoms with Gasteiger partial charge in [-0.15, -0.1) is 0 Å². The monoisotopic (exact) mass is 493 g/mol. The van der Waals surface area contributed by atoms with Crippen LogP contribution in [0.25, 0.3) is 5.57 Å². The van der Waals surface area contributed by atoms with Gasteiger partial charge in [0.2, 0.25) is 0 Å². The summed E-state index contributed by atoms with van der Waals surface area (Å²) >= 11 is 3.53. The highest BCUT2D eigenvalue weighted by Crippen LogP contribution is 2.45. The number of rotatable bonds is 6. The van der Waals surface area contributed by atoms with Gasteiger partial charge in [0, 0.05) is 21.7 Å². The van der Waals surface area contributed by atoms with Gasteiger partial charge in [-0.3, -0.25) is 4.79 Å². The second-order valence-corrected chi connectivity index (χ2v) is 8.61. The van der Waals surface area contributed by atoms with Crippen molar-refractivity contribution in [3.05, 3.63) is 99.2 Å². The van der Waals surface area contributed by atoms with E-state index in [0.29, 0.717) is 17.1 Å². The number of carbonyl (C=O) groups excluding carboxylic acids is 1. The van der Waals surface area contributed by atoms with Gasteiger partial charge < -0.3 is 19.5 Å². The molecule has 6 heteroatoms. The molecule has 1 aliphatic heterocycles. The van der Waals surface area contributed by atoms with Crippen molar-refractivity contribution in [2.45, 2.75) is 19.5 Å². The molecule has 0 aromatic heterocycles. The zero-order valence-corrected chi connectivity index (χ0v) is 19.7. The van der Waals surface area contributed by atoms with Crippen LogP contribution >= 0.6 is 15.9 Å². The second kappa shape index (κ2) is 9.09. The summed E-state index contributed by atoms with van der Waals surface area (Å²) in [5, 5.41) is 11.0. The fourth-order valence-electron chi connectivity index (χ4n) is 4.03. The molecule has 0 fully saturated rings. The van der Waals surface area contributed by atoms with Gasteiger partial charge in [0.15, 0.2) is 5.76 Å². The lowest BCUT2D eigenvalue weighted by atomic mass is 9.93. The van der Waals surface area contributed by atoms with Crippen LogP contribution in [0.2, 0.25) is 0 Å². The molecule has 1 amide bonds. The van der Waals surface area contributed by atoms with Crippen molar-refractivity contribution < 1.29 is 19.4 Å². The van der Waals surface area contributed by atoms with Crippen LogP contribution in [0.5, 0.6) is 11.5 Å². The number of hydrogen-bond acceptors (Lipinski definition) is 4. The van der Waals surface area contributed by atoms with Crippen molar-refractivity contribution in [3.63, 3.8) is 0 Å². The third-order valence-corrected chi connectivity index (χ3v) is 6.16. The fourth-order valence-corrected chi connectivity index (χ4v) is 4.45. The van der Waals surface area contributed by atoms with E-state index >= 15 is 0 Å². The predicted molar refractivity (Wildman–Crippen MR) is 128 cm³/mol. The van der Waals surface area contributed by atoms with E-state index in [4.69, 9.17) is 9.47 Å². The highest BCUT2D eigenvalue weighted by Gasteiger charge is 2.41. The molecule has 0 aliphatic carbocycles. The van der Waals surface area contributed by atoms with Gasteiger partial charge in [-0.2, -0.15) is 0 Å². The number of nitrogens with zero attached hydrogens (tertiary/aromatic N) is 1. The van der Waals surface area contributed by atoms with E-state index in [9.17, 15) is 9.90 Å². The molecule has 0 bridgehead atoms. The number of amides is 1. The van der Waals surface area contributed by atoms with E-state index in [0.717, 1.165) is 26.7 Å². The van der Waals surface area contributed by atoms with Gasteiger partial charge >= 0.3 is 0 Å². The van der Waals surface area contributed by atoms with Gasteiger partial charge in [0.05, 0.1) is 26.8 Å². The Morgan fingerprint density at radius 2 is 1.75 bits per heavy atom. The van der Waals surface area contributed by atoms with Crippen molar-refractivity contribution in [2.24, 2.45) is 0 Å². The van der Waals surface area contributed by atoms with Crippen LogP contribution in [0, 0.1) is 6.92 Å². The molecule has 1 N–H and O–H groups in total. The van der Waals surface area contributed by atoms with Gasteiger partial charge in [-0.1, -0.05) is 57.9 Å². The summed E-state index contributed by atoms with van der Waals surface area (Å²) in [6.45, 7) is 2.27. The molecule has 3 aromatic rings. The van der Waals surface area contributed by atoms with E-state index in [1.54, 1.807) is 25.2 Å². The fraction of sp³-hybridized carbons (Fsp3) is 0.192. The first-order valence-corrected chi connectivity index (χ1v) is 11.0. The summed E-state index contributed by atoms with van der Waals surface area (Å²) in [6.07, 6.45) is 0. The summed E-state index contributed by atoms with van der Waals surface area (Å²) in [5.41, 5.74) is 4.24. The van der Waals surface area contributed by atoms with Gasteiger partial charge in [0.1, 0.15) is 11.5 Å². The van der Waals surface area contributed by atoms with Gasteiger partial charge in [-0.05, 0) is 42.3 Å². The summed E-state index contributed by atoms with van der Waals surface area (Å²) in [5.74, 6) is 0.645. The van der Waals surface area contributed by atoms with Crippen molar-refractivity contribution in [1.29, 1.82) is 0 Å². The number of aliphatic hydroxyl groups is 1. The Morgan fingerprint density at radius 1 is 1.00 bits per heavy atom. The van der Waals surface area contributed by atoms with Crippen molar-refractivity contribution in [2.75, 3.05) is 14.2 Å². The second-order valence-electron chi connectivity index (χ2n) is 7.70. The molecular formula is C26H24BrNO4. The van der Waals surface area contributed by atoms with E-state index < -0.39 is 11.9 Å². The largest absolute Gasteiger partial charge is 0.503 e. The lowest BCUT2D eigenvalue weighted by Gasteiger charge is -2.28. The van der Waals surface area contributed by atoms with Gasteiger partial charge in [-0.25, -0.2) is 0 Å². The third kappa shape index (κ3) is 4.10. The molecule has 164 valence electrons. The Balaban J connectivity index is 1.81. The van der Waals surface area contributed by atoms with Crippen LogP contribution in [0.3, 0.4) is 0 Å². The zero-order valence-electron chi connectivity index (χ0n) is 18.1. The van der Waals surface area contributed by atoms with E-state index in [2.05, 4.69) is 15.9 Å². The number of carbonyl (C=O) groups is 1. The average molecular weight is 494 g/mol. The molecule has 4 rings (SSSR count). The maximum Gasteiger partial charge on any atom is 0.290 e. The van der Waals surface area contributed by atoms with Crippen LogP contribution in [0.15, 0.2) is 77.0 Å². The molecule has 1 aliphatic rings. The third-order valence-electron chi connectivity index (χ3n) is 5.67. The highest BCUT2D eigenvalue weighted by atomic mass is 79.9. The Labute approximate surface area is 196 Å². The van der Waals surface area contributed by atoms with Crippen molar-refractivity contribution >= 4 is 27.4 Å². The Hall–Kier alpha value is -3.25. The predicted octanol–water partition coefficient (Wildman–Crippen LogP) is 5.83. The summed E-state index contributed by atoms with van der Waals surface area (Å²) in [4.78, 5) is 15.0. The highest BCUT2D eigenvalue weighted by molar-refractivity contribution is 9.10. The van der Waals surface area contributed by atoms with Crippen LogP contribution in [-0.2, 0) is 11.3 Å². The molecule has 3 aromatic carbocycles. The van der Waals surface area contributed by atoms with E-state index in [1.807, 2.05) is 67.6 Å².